The number of fused-ring (bicyclic) bond motifs is 1. The number of nitrogens with two attached hydrogens (primary N) is 1. The minimum atomic E-state index is -0.432. The van der Waals surface area contributed by atoms with Crippen molar-refractivity contribution in [2.45, 2.75) is 44.7 Å². The molecule has 34 heavy (non-hydrogen) atoms. The average molecular weight is 460 g/mol. The molecule has 4 rings (SSSR count). The molecule has 0 spiro atoms. The number of nitriles is 1. The summed E-state index contributed by atoms with van der Waals surface area (Å²) < 4.78 is 2.11. The fourth-order valence-electron chi connectivity index (χ4n) is 4.47. The lowest BCUT2D eigenvalue weighted by atomic mass is 10.0. The van der Waals surface area contributed by atoms with Crippen LogP contribution in [0.4, 0.5) is 5.95 Å². The number of primary amides is 1. The maximum absolute atomic E-state index is 12.8. The third kappa shape index (κ3) is 5.17. The molecule has 0 radical (unpaired) electrons. The molecule has 1 fully saturated rings. The molecule has 1 aromatic carbocycles. The van der Waals surface area contributed by atoms with E-state index in [0.29, 0.717) is 23.5 Å². The van der Waals surface area contributed by atoms with Crippen molar-refractivity contribution in [2.75, 3.05) is 25.0 Å². The molecule has 0 atom stereocenters. The number of aryl methyl sites for hydroxylation is 1. The number of nitrogens with zero attached hydrogens (tertiary/aromatic N) is 6. The number of unbranched alkanes of at least 4 members (excludes halogenated alkanes) is 1. The van der Waals surface area contributed by atoms with E-state index in [2.05, 4.69) is 19.4 Å². The second-order valence-electron chi connectivity index (χ2n) is 8.71. The van der Waals surface area contributed by atoms with Crippen LogP contribution in [0.2, 0.25) is 0 Å². The topological polar surface area (TPSA) is 121 Å². The first kappa shape index (κ1) is 23.2. The summed E-state index contributed by atoms with van der Waals surface area (Å²) in [6.07, 6.45) is 9.01. The number of aromatic nitrogens is 3. The van der Waals surface area contributed by atoms with Crippen molar-refractivity contribution in [2.24, 2.45) is 5.73 Å². The highest BCUT2D eigenvalue weighted by atomic mass is 16.2. The molecule has 1 aliphatic heterocycles. The number of piperidine rings is 1. The Morgan fingerprint density at radius 1 is 1.18 bits per heavy atom. The zero-order chi connectivity index (χ0) is 24.1. The molecule has 176 valence electrons. The van der Waals surface area contributed by atoms with Gasteiger partial charge < -0.3 is 20.1 Å². The number of hydrogen-bond donors (Lipinski definition) is 1. The number of carbonyl (C=O) groups is 2. The molecule has 0 unspecified atom stereocenters. The van der Waals surface area contributed by atoms with Gasteiger partial charge in [-0.25, -0.2) is 9.97 Å². The van der Waals surface area contributed by atoms with E-state index in [-0.39, 0.29) is 11.9 Å². The van der Waals surface area contributed by atoms with E-state index in [1.165, 1.54) is 12.4 Å². The number of benzene rings is 1. The molecule has 3 heterocycles. The number of carbonyl (C=O) groups excluding carboxylic acids is 2. The quantitative estimate of drug-likeness (QED) is 0.517. The van der Waals surface area contributed by atoms with Crippen molar-refractivity contribution in [3.05, 3.63) is 54.0 Å². The molecule has 2 N–H and O–H groups in total. The van der Waals surface area contributed by atoms with Crippen LogP contribution in [0.15, 0.2) is 42.9 Å². The molecule has 0 bridgehead atoms. The standard InChI is InChI=1S/C25H29N7O2/c1-30(21-8-12-32(13-9-21)25-28-16-18(15-26)17-29-25)23(33)4-2-3-10-31-11-7-19-5-6-20(24(27)34)14-22(19)31/h5-7,11,14,16-17,21H,2-4,8-10,12-13H2,1H3,(H2,27,34). The Kier molecular flexibility index (Phi) is 7.07. The summed E-state index contributed by atoms with van der Waals surface area (Å²) >= 11 is 0. The predicted octanol–water partition coefficient (Wildman–Crippen LogP) is 2.70. The maximum atomic E-state index is 12.8. The van der Waals surface area contributed by atoms with Gasteiger partial charge in [0.15, 0.2) is 0 Å². The van der Waals surface area contributed by atoms with Crippen LogP contribution in [0.5, 0.6) is 0 Å². The van der Waals surface area contributed by atoms with Crippen LogP contribution < -0.4 is 10.6 Å². The van der Waals surface area contributed by atoms with E-state index >= 15 is 0 Å². The summed E-state index contributed by atoms with van der Waals surface area (Å²) in [7, 11) is 1.89. The fourth-order valence-corrected chi connectivity index (χ4v) is 4.47. The summed E-state index contributed by atoms with van der Waals surface area (Å²) in [5, 5.41) is 9.95. The Balaban J connectivity index is 1.22. The minimum Gasteiger partial charge on any atom is -0.366 e. The van der Waals surface area contributed by atoms with Crippen molar-refractivity contribution in [3.8, 4) is 6.07 Å². The van der Waals surface area contributed by atoms with Gasteiger partial charge in [0.2, 0.25) is 17.8 Å². The van der Waals surface area contributed by atoms with Crippen molar-refractivity contribution in [1.82, 2.24) is 19.4 Å². The molecule has 2 amide bonds. The average Bonchev–Trinajstić information content (AvgIpc) is 3.28. The van der Waals surface area contributed by atoms with E-state index < -0.39 is 5.91 Å². The summed E-state index contributed by atoms with van der Waals surface area (Å²) in [4.78, 5) is 36.8. The summed E-state index contributed by atoms with van der Waals surface area (Å²) in [5.41, 5.74) is 7.34. The molecular weight excluding hydrogens is 430 g/mol. The molecule has 9 nitrogen and oxygen atoms in total. The Hall–Kier alpha value is -3.93. The zero-order valence-electron chi connectivity index (χ0n) is 19.4. The Bertz CT molecular complexity index is 1200. The highest BCUT2D eigenvalue weighted by Gasteiger charge is 2.26. The summed E-state index contributed by atoms with van der Waals surface area (Å²) in [5.74, 6) is 0.368. The van der Waals surface area contributed by atoms with Gasteiger partial charge in [0, 0.05) is 56.4 Å². The van der Waals surface area contributed by atoms with Crippen molar-refractivity contribution < 1.29 is 9.59 Å². The van der Waals surface area contributed by atoms with Gasteiger partial charge in [-0.05, 0) is 49.3 Å². The normalized spacial score (nSPS) is 14.2. The maximum Gasteiger partial charge on any atom is 0.248 e. The smallest absolute Gasteiger partial charge is 0.248 e. The molecule has 1 saturated heterocycles. The predicted molar refractivity (Wildman–Crippen MR) is 129 cm³/mol. The third-order valence-corrected chi connectivity index (χ3v) is 6.55. The van der Waals surface area contributed by atoms with Gasteiger partial charge in [-0.3, -0.25) is 9.59 Å². The molecule has 3 aromatic rings. The Morgan fingerprint density at radius 2 is 1.91 bits per heavy atom. The molecular formula is C25H29N7O2. The fraction of sp³-hybridized carbons (Fsp3) is 0.400. The van der Waals surface area contributed by atoms with Gasteiger partial charge in [-0.15, -0.1) is 0 Å². The third-order valence-electron chi connectivity index (χ3n) is 6.55. The van der Waals surface area contributed by atoms with Crippen LogP contribution >= 0.6 is 0 Å². The summed E-state index contributed by atoms with van der Waals surface area (Å²) in [6.45, 7) is 2.34. The molecule has 9 heteroatoms. The molecule has 1 aliphatic rings. The summed E-state index contributed by atoms with van der Waals surface area (Å²) in [6, 6.07) is 9.73. The first-order valence-corrected chi connectivity index (χ1v) is 11.6. The first-order chi connectivity index (χ1) is 16.5. The van der Waals surface area contributed by atoms with Crippen LogP contribution in [0.25, 0.3) is 10.9 Å². The van der Waals surface area contributed by atoms with Gasteiger partial charge in [-0.1, -0.05) is 6.07 Å². The zero-order valence-corrected chi connectivity index (χ0v) is 19.4. The van der Waals surface area contributed by atoms with Crippen molar-refractivity contribution in [1.29, 1.82) is 5.26 Å². The van der Waals surface area contributed by atoms with Crippen molar-refractivity contribution >= 4 is 28.7 Å². The van der Waals surface area contributed by atoms with Gasteiger partial charge in [-0.2, -0.15) is 5.26 Å². The Morgan fingerprint density at radius 3 is 2.59 bits per heavy atom. The van der Waals surface area contributed by atoms with Crippen LogP contribution in [0.3, 0.4) is 0 Å². The second kappa shape index (κ2) is 10.3. The van der Waals surface area contributed by atoms with Crippen LogP contribution in [0.1, 0.15) is 48.0 Å². The molecule has 0 saturated carbocycles. The molecule has 0 aliphatic carbocycles. The molecule has 2 aromatic heterocycles. The number of rotatable bonds is 8. The monoisotopic (exact) mass is 459 g/mol. The lowest BCUT2D eigenvalue weighted by molar-refractivity contribution is -0.132. The lowest BCUT2D eigenvalue weighted by Crippen LogP contribution is -2.46. The van der Waals surface area contributed by atoms with Gasteiger partial charge in [0.1, 0.15) is 6.07 Å². The van der Waals surface area contributed by atoms with E-state index in [9.17, 15) is 9.59 Å². The van der Waals surface area contributed by atoms with E-state index in [1.807, 2.05) is 42.4 Å². The van der Waals surface area contributed by atoms with Gasteiger partial charge >= 0.3 is 0 Å². The van der Waals surface area contributed by atoms with Gasteiger partial charge in [0.25, 0.3) is 0 Å². The van der Waals surface area contributed by atoms with Crippen molar-refractivity contribution in [3.63, 3.8) is 0 Å². The van der Waals surface area contributed by atoms with Crippen LogP contribution in [-0.2, 0) is 11.3 Å². The first-order valence-electron chi connectivity index (χ1n) is 11.6. The van der Waals surface area contributed by atoms with E-state index in [1.54, 1.807) is 6.07 Å². The largest absolute Gasteiger partial charge is 0.366 e. The van der Waals surface area contributed by atoms with Crippen LogP contribution in [-0.4, -0.2) is 57.4 Å². The SMILES string of the molecule is CN(C(=O)CCCCn1ccc2ccc(C(N)=O)cc21)C1CCN(c2ncc(C#N)cn2)CC1. The lowest BCUT2D eigenvalue weighted by Gasteiger charge is -2.36. The Labute approximate surface area is 198 Å². The number of hydrogen-bond acceptors (Lipinski definition) is 6. The minimum absolute atomic E-state index is 0.168. The highest BCUT2D eigenvalue weighted by molar-refractivity contribution is 5.97. The van der Waals surface area contributed by atoms with E-state index in [0.717, 1.165) is 56.2 Å². The highest BCUT2D eigenvalue weighted by Crippen LogP contribution is 2.21. The van der Waals surface area contributed by atoms with E-state index in [4.69, 9.17) is 11.0 Å². The second-order valence-corrected chi connectivity index (χ2v) is 8.71. The number of anilines is 1. The number of amides is 2. The van der Waals surface area contributed by atoms with Crippen LogP contribution in [0, 0.1) is 11.3 Å². The van der Waals surface area contributed by atoms with Gasteiger partial charge in [0.05, 0.1) is 18.0 Å².